The summed E-state index contributed by atoms with van der Waals surface area (Å²) >= 11 is 3.40. The van der Waals surface area contributed by atoms with Crippen molar-refractivity contribution in [2.45, 2.75) is 39.3 Å². The molecule has 0 bridgehead atoms. The summed E-state index contributed by atoms with van der Waals surface area (Å²) in [5, 5.41) is 2.98. The van der Waals surface area contributed by atoms with Crippen LogP contribution in [0.3, 0.4) is 0 Å². The van der Waals surface area contributed by atoms with E-state index in [1.165, 1.54) is 5.56 Å². The van der Waals surface area contributed by atoms with E-state index in [4.69, 9.17) is 9.47 Å². The number of hydrogen-bond donors (Lipinski definition) is 1. The predicted octanol–water partition coefficient (Wildman–Crippen LogP) is 4.03. The molecule has 2 aromatic rings. The lowest BCUT2D eigenvalue weighted by atomic mass is 10.1. The Labute approximate surface area is 156 Å². The molecule has 1 N–H and O–H groups in total. The molecule has 25 heavy (non-hydrogen) atoms. The Balaban J connectivity index is 1.66. The van der Waals surface area contributed by atoms with Gasteiger partial charge in [-0.05, 0) is 43.7 Å². The Hall–Kier alpha value is -2.01. The number of ether oxygens (including phenoxy) is 2. The number of benzene rings is 2. The van der Waals surface area contributed by atoms with Crippen molar-refractivity contribution < 1.29 is 14.3 Å². The monoisotopic (exact) mass is 403 g/mol. The van der Waals surface area contributed by atoms with E-state index in [1.807, 2.05) is 43.3 Å². The zero-order valence-electron chi connectivity index (χ0n) is 14.5. The fourth-order valence-electron chi connectivity index (χ4n) is 2.95. The zero-order valence-corrected chi connectivity index (χ0v) is 16.1. The van der Waals surface area contributed by atoms with Gasteiger partial charge in [-0.1, -0.05) is 28.1 Å². The molecule has 0 saturated heterocycles. The maximum Gasteiger partial charge on any atom is 0.224 e. The summed E-state index contributed by atoms with van der Waals surface area (Å²) in [6.45, 7) is 5.03. The summed E-state index contributed by atoms with van der Waals surface area (Å²) < 4.78 is 12.6. The minimum atomic E-state index is -0.0143. The molecule has 0 radical (unpaired) electrons. The molecule has 3 rings (SSSR count). The van der Waals surface area contributed by atoms with E-state index in [0.717, 1.165) is 33.5 Å². The Kier molecular flexibility index (Phi) is 5.63. The molecule has 0 fully saturated rings. The third-order valence-corrected chi connectivity index (χ3v) is 4.66. The average molecular weight is 404 g/mol. The maximum absolute atomic E-state index is 12.2. The maximum atomic E-state index is 12.2. The lowest BCUT2D eigenvalue weighted by molar-refractivity contribution is -0.120. The van der Waals surface area contributed by atoms with E-state index in [2.05, 4.69) is 28.2 Å². The molecule has 1 aliphatic heterocycles. The van der Waals surface area contributed by atoms with Crippen molar-refractivity contribution in [1.29, 1.82) is 0 Å². The Morgan fingerprint density at radius 3 is 2.80 bits per heavy atom. The molecular formula is C20H22BrNO3. The molecule has 2 aromatic carbocycles. The quantitative estimate of drug-likeness (QED) is 0.791. The van der Waals surface area contributed by atoms with Gasteiger partial charge in [0.2, 0.25) is 5.91 Å². The highest BCUT2D eigenvalue weighted by molar-refractivity contribution is 9.10. The van der Waals surface area contributed by atoms with Gasteiger partial charge in [0.15, 0.2) is 0 Å². The first kappa shape index (κ1) is 17.8. The van der Waals surface area contributed by atoms with Crippen molar-refractivity contribution in [3.63, 3.8) is 0 Å². The van der Waals surface area contributed by atoms with Crippen molar-refractivity contribution in [3.8, 4) is 11.5 Å². The van der Waals surface area contributed by atoms with E-state index >= 15 is 0 Å². The second kappa shape index (κ2) is 7.91. The van der Waals surface area contributed by atoms with Gasteiger partial charge < -0.3 is 14.8 Å². The van der Waals surface area contributed by atoms with Crippen LogP contribution < -0.4 is 14.8 Å². The second-order valence-corrected chi connectivity index (χ2v) is 7.13. The molecule has 4 nitrogen and oxygen atoms in total. The van der Waals surface area contributed by atoms with Crippen molar-refractivity contribution in [1.82, 2.24) is 5.32 Å². The summed E-state index contributed by atoms with van der Waals surface area (Å²) in [6, 6.07) is 11.8. The second-order valence-electron chi connectivity index (χ2n) is 6.21. The number of amides is 1. The van der Waals surface area contributed by atoms with Crippen LogP contribution in [0.25, 0.3) is 0 Å². The van der Waals surface area contributed by atoms with Crippen LogP contribution in [0.1, 0.15) is 30.5 Å². The van der Waals surface area contributed by atoms with Crippen LogP contribution in [-0.4, -0.2) is 18.6 Å². The fraction of sp³-hybridized carbons (Fsp3) is 0.350. The smallest absolute Gasteiger partial charge is 0.224 e. The zero-order chi connectivity index (χ0) is 17.8. The van der Waals surface area contributed by atoms with Crippen molar-refractivity contribution in [2.75, 3.05) is 6.61 Å². The predicted molar refractivity (Wildman–Crippen MR) is 101 cm³/mol. The molecule has 0 aliphatic carbocycles. The highest BCUT2D eigenvalue weighted by Gasteiger charge is 2.22. The summed E-state index contributed by atoms with van der Waals surface area (Å²) in [7, 11) is 0. The van der Waals surface area contributed by atoms with Crippen LogP contribution in [0.5, 0.6) is 11.5 Å². The van der Waals surface area contributed by atoms with Crippen LogP contribution in [0, 0.1) is 0 Å². The van der Waals surface area contributed by atoms with Gasteiger partial charge in [0, 0.05) is 28.6 Å². The SMILES string of the molecule is CCOc1cc2c(cc1CNC(=O)Cc1ccc(Br)cc1)O[C@H](C)C2. The molecule has 132 valence electrons. The Bertz CT molecular complexity index is 758. The van der Waals surface area contributed by atoms with E-state index in [1.54, 1.807) is 0 Å². The molecule has 0 spiro atoms. The summed E-state index contributed by atoms with van der Waals surface area (Å²) in [6.07, 6.45) is 1.44. The van der Waals surface area contributed by atoms with E-state index in [9.17, 15) is 4.79 Å². The van der Waals surface area contributed by atoms with Crippen LogP contribution in [0.2, 0.25) is 0 Å². The van der Waals surface area contributed by atoms with Gasteiger partial charge in [-0.15, -0.1) is 0 Å². The number of carbonyl (C=O) groups excluding carboxylic acids is 1. The van der Waals surface area contributed by atoms with Crippen LogP contribution in [-0.2, 0) is 24.2 Å². The van der Waals surface area contributed by atoms with Crippen LogP contribution >= 0.6 is 15.9 Å². The Morgan fingerprint density at radius 1 is 1.32 bits per heavy atom. The highest BCUT2D eigenvalue weighted by Crippen LogP contribution is 2.35. The number of carbonyl (C=O) groups is 1. The third-order valence-electron chi connectivity index (χ3n) is 4.13. The fourth-order valence-corrected chi connectivity index (χ4v) is 3.22. The average Bonchev–Trinajstić information content (AvgIpc) is 2.94. The first-order valence-electron chi connectivity index (χ1n) is 8.51. The number of rotatable bonds is 6. The first-order chi connectivity index (χ1) is 12.0. The minimum absolute atomic E-state index is 0.0143. The standard InChI is InChI=1S/C20H22BrNO3/c1-3-24-18-10-15-8-13(2)25-19(15)11-16(18)12-22-20(23)9-14-4-6-17(21)7-5-14/h4-7,10-11,13H,3,8-9,12H2,1-2H3,(H,22,23)/t13-/m1/s1. The molecule has 1 heterocycles. The van der Waals surface area contributed by atoms with Gasteiger partial charge in [0.25, 0.3) is 0 Å². The van der Waals surface area contributed by atoms with Crippen molar-refractivity contribution in [2.24, 2.45) is 0 Å². The van der Waals surface area contributed by atoms with E-state index < -0.39 is 0 Å². The molecule has 1 aliphatic rings. The lowest BCUT2D eigenvalue weighted by Crippen LogP contribution is -2.24. The van der Waals surface area contributed by atoms with Gasteiger partial charge in [0.05, 0.1) is 13.0 Å². The van der Waals surface area contributed by atoms with Gasteiger partial charge in [-0.25, -0.2) is 0 Å². The number of hydrogen-bond acceptors (Lipinski definition) is 3. The Morgan fingerprint density at radius 2 is 2.08 bits per heavy atom. The molecule has 0 saturated carbocycles. The normalized spacial score (nSPS) is 15.4. The largest absolute Gasteiger partial charge is 0.494 e. The number of nitrogens with one attached hydrogen (secondary N) is 1. The summed E-state index contributed by atoms with van der Waals surface area (Å²) in [5.74, 6) is 1.70. The molecule has 1 amide bonds. The first-order valence-corrected chi connectivity index (χ1v) is 9.31. The molecule has 0 aromatic heterocycles. The van der Waals surface area contributed by atoms with Gasteiger partial charge in [-0.2, -0.15) is 0 Å². The molecule has 0 unspecified atom stereocenters. The van der Waals surface area contributed by atoms with Crippen molar-refractivity contribution in [3.05, 3.63) is 57.6 Å². The highest BCUT2D eigenvalue weighted by atomic mass is 79.9. The number of halogens is 1. The minimum Gasteiger partial charge on any atom is -0.494 e. The van der Waals surface area contributed by atoms with Gasteiger partial charge in [0.1, 0.15) is 17.6 Å². The summed E-state index contributed by atoms with van der Waals surface area (Å²) in [5.41, 5.74) is 3.09. The number of fused-ring (bicyclic) bond motifs is 1. The molecular weight excluding hydrogens is 382 g/mol. The molecule has 1 atom stereocenters. The van der Waals surface area contributed by atoms with Gasteiger partial charge >= 0.3 is 0 Å². The van der Waals surface area contributed by atoms with Crippen LogP contribution in [0.15, 0.2) is 40.9 Å². The molecule has 5 heteroatoms. The van der Waals surface area contributed by atoms with Crippen LogP contribution in [0.4, 0.5) is 0 Å². The van der Waals surface area contributed by atoms with E-state index in [0.29, 0.717) is 19.6 Å². The van der Waals surface area contributed by atoms with E-state index in [-0.39, 0.29) is 12.0 Å². The van der Waals surface area contributed by atoms with Gasteiger partial charge in [-0.3, -0.25) is 4.79 Å². The van der Waals surface area contributed by atoms with Crippen molar-refractivity contribution >= 4 is 21.8 Å². The third kappa shape index (κ3) is 4.54. The lowest BCUT2D eigenvalue weighted by Gasteiger charge is -2.13. The topological polar surface area (TPSA) is 47.6 Å². The summed E-state index contributed by atoms with van der Waals surface area (Å²) in [4.78, 5) is 12.2.